The minimum Gasteiger partial charge on any atom is -0.234 e. The largest absolute Gasteiger partial charge is 0.234 e. The van der Waals surface area contributed by atoms with Crippen molar-refractivity contribution in [1.82, 2.24) is 14.6 Å². The van der Waals surface area contributed by atoms with Gasteiger partial charge in [0.1, 0.15) is 0 Å². The van der Waals surface area contributed by atoms with Crippen LogP contribution in [0.1, 0.15) is 5.56 Å². The highest BCUT2D eigenvalue weighted by Gasteiger charge is 1.97. The maximum Gasteiger partial charge on any atom is 0.169 e. The third-order valence-electron chi connectivity index (χ3n) is 1.45. The first kappa shape index (κ1) is 5.93. The molecular formula is C8H5N3. The molecule has 2 rings (SSSR count). The highest BCUT2D eigenvalue weighted by Crippen LogP contribution is 2.03. The molecule has 3 heteroatoms. The number of terminal acetylenes is 1. The maximum absolute atomic E-state index is 5.24. The summed E-state index contributed by atoms with van der Waals surface area (Å²) in [6, 6.07) is 1.77. The van der Waals surface area contributed by atoms with Gasteiger partial charge in [0.15, 0.2) is 5.65 Å². The van der Waals surface area contributed by atoms with E-state index in [0.29, 0.717) is 0 Å². The number of imidazole rings is 1. The lowest BCUT2D eigenvalue weighted by Crippen LogP contribution is -1.91. The topological polar surface area (TPSA) is 30.2 Å². The molecule has 0 unspecified atom stereocenters. The molecule has 52 valence electrons. The Hall–Kier alpha value is -1.82. The monoisotopic (exact) mass is 143 g/mol. The summed E-state index contributed by atoms with van der Waals surface area (Å²) in [6.45, 7) is 0. The van der Waals surface area contributed by atoms with E-state index in [2.05, 4.69) is 16.0 Å². The molecule has 0 saturated carbocycles. The number of aromatic nitrogens is 3. The average Bonchev–Trinajstić information content (AvgIpc) is 2.50. The first-order valence-corrected chi connectivity index (χ1v) is 3.17. The number of nitrogens with zero attached hydrogens (tertiary/aromatic N) is 3. The molecule has 2 aromatic rings. The third-order valence-corrected chi connectivity index (χ3v) is 1.45. The van der Waals surface area contributed by atoms with E-state index in [1.54, 1.807) is 29.2 Å². The molecule has 0 atom stereocenters. The highest BCUT2D eigenvalue weighted by atomic mass is 15.2. The van der Waals surface area contributed by atoms with E-state index in [-0.39, 0.29) is 0 Å². The summed E-state index contributed by atoms with van der Waals surface area (Å²) in [5, 5.41) is 4.01. The van der Waals surface area contributed by atoms with Crippen molar-refractivity contribution in [1.29, 1.82) is 0 Å². The van der Waals surface area contributed by atoms with Crippen molar-refractivity contribution in [3.05, 3.63) is 30.2 Å². The Morgan fingerprint density at radius 3 is 3.18 bits per heavy atom. The Balaban J connectivity index is 2.92. The first-order valence-electron chi connectivity index (χ1n) is 3.17. The summed E-state index contributed by atoms with van der Waals surface area (Å²) in [5.74, 6) is 2.53. The van der Waals surface area contributed by atoms with E-state index in [0.717, 1.165) is 11.2 Å². The second-order valence-corrected chi connectivity index (χ2v) is 2.08. The Bertz CT molecular complexity index is 422. The molecule has 0 saturated heterocycles. The molecule has 11 heavy (non-hydrogen) atoms. The summed E-state index contributed by atoms with van der Waals surface area (Å²) in [5.41, 5.74) is 1.50. The SMILES string of the molecule is C#Cc1ccnn2ccnc12. The second kappa shape index (κ2) is 2.10. The fraction of sp³-hybridized carbons (Fsp3) is 0. The molecule has 0 spiro atoms. The standard InChI is InChI=1S/C8H5N3/c1-2-7-3-4-10-11-6-5-9-8(7)11/h1,3-6H. The van der Waals surface area contributed by atoms with Crippen molar-refractivity contribution in [2.75, 3.05) is 0 Å². The van der Waals surface area contributed by atoms with E-state index >= 15 is 0 Å². The highest BCUT2D eigenvalue weighted by molar-refractivity contribution is 5.54. The minimum absolute atomic E-state index is 0.731. The van der Waals surface area contributed by atoms with Gasteiger partial charge in [-0.1, -0.05) is 5.92 Å². The van der Waals surface area contributed by atoms with Crippen molar-refractivity contribution in [2.45, 2.75) is 0 Å². The Kier molecular flexibility index (Phi) is 1.13. The quantitative estimate of drug-likeness (QED) is 0.508. The molecule has 2 heterocycles. The zero-order valence-corrected chi connectivity index (χ0v) is 5.73. The van der Waals surface area contributed by atoms with Crippen LogP contribution in [0.25, 0.3) is 5.65 Å². The molecule has 0 aliphatic carbocycles. The summed E-state index contributed by atoms with van der Waals surface area (Å²) in [4.78, 5) is 4.05. The summed E-state index contributed by atoms with van der Waals surface area (Å²) < 4.78 is 1.65. The van der Waals surface area contributed by atoms with E-state index in [9.17, 15) is 0 Å². The Labute approximate surface area is 63.7 Å². The van der Waals surface area contributed by atoms with Crippen molar-refractivity contribution < 1.29 is 0 Å². The molecule has 0 radical (unpaired) electrons. The molecule has 0 aliphatic rings. The van der Waals surface area contributed by atoms with E-state index in [4.69, 9.17) is 6.42 Å². The van der Waals surface area contributed by atoms with Crippen LogP contribution in [-0.4, -0.2) is 14.6 Å². The van der Waals surface area contributed by atoms with Crippen LogP contribution in [0.4, 0.5) is 0 Å². The molecule has 0 amide bonds. The number of hydrogen-bond acceptors (Lipinski definition) is 2. The maximum atomic E-state index is 5.24. The predicted molar refractivity (Wildman–Crippen MR) is 40.9 cm³/mol. The van der Waals surface area contributed by atoms with Gasteiger partial charge in [0, 0.05) is 18.6 Å². The van der Waals surface area contributed by atoms with Crippen LogP contribution in [0, 0.1) is 12.3 Å². The number of fused-ring (bicyclic) bond motifs is 1. The lowest BCUT2D eigenvalue weighted by molar-refractivity contribution is 0.933. The molecule has 0 fully saturated rings. The minimum atomic E-state index is 0.731. The predicted octanol–water partition coefficient (Wildman–Crippen LogP) is 0.711. The van der Waals surface area contributed by atoms with Gasteiger partial charge in [-0.25, -0.2) is 9.50 Å². The molecule has 0 N–H and O–H groups in total. The van der Waals surface area contributed by atoms with Gasteiger partial charge >= 0.3 is 0 Å². The summed E-state index contributed by atoms with van der Waals surface area (Å²) in [6.07, 6.45) is 10.3. The van der Waals surface area contributed by atoms with Crippen LogP contribution in [0.5, 0.6) is 0 Å². The zero-order chi connectivity index (χ0) is 7.68. The molecule has 3 nitrogen and oxygen atoms in total. The van der Waals surface area contributed by atoms with Gasteiger partial charge in [-0.3, -0.25) is 0 Å². The molecule has 2 aromatic heterocycles. The average molecular weight is 143 g/mol. The van der Waals surface area contributed by atoms with Crippen LogP contribution < -0.4 is 0 Å². The number of rotatable bonds is 0. The van der Waals surface area contributed by atoms with Crippen LogP contribution >= 0.6 is 0 Å². The van der Waals surface area contributed by atoms with Gasteiger partial charge in [-0.15, -0.1) is 6.42 Å². The van der Waals surface area contributed by atoms with Crippen molar-refractivity contribution >= 4 is 5.65 Å². The van der Waals surface area contributed by atoms with Crippen LogP contribution in [0.15, 0.2) is 24.7 Å². The van der Waals surface area contributed by atoms with Crippen molar-refractivity contribution in [3.8, 4) is 12.3 Å². The van der Waals surface area contributed by atoms with Gasteiger partial charge in [0.2, 0.25) is 0 Å². The summed E-state index contributed by atoms with van der Waals surface area (Å²) in [7, 11) is 0. The van der Waals surface area contributed by atoms with Gasteiger partial charge in [-0.2, -0.15) is 5.10 Å². The smallest absolute Gasteiger partial charge is 0.169 e. The van der Waals surface area contributed by atoms with Gasteiger partial charge in [0.05, 0.1) is 5.56 Å². The van der Waals surface area contributed by atoms with Gasteiger partial charge < -0.3 is 0 Å². The Morgan fingerprint density at radius 2 is 2.36 bits per heavy atom. The molecule has 0 bridgehead atoms. The molecule has 0 aromatic carbocycles. The second-order valence-electron chi connectivity index (χ2n) is 2.08. The first-order chi connectivity index (χ1) is 5.42. The van der Waals surface area contributed by atoms with Gasteiger partial charge in [-0.05, 0) is 6.07 Å². The molecule has 0 aliphatic heterocycles. The third kappa shape index (κ3) is 0.767. The molecular weight excluding hydrogens is 138 g/mol. The van der Waals surface area contributed by atoms with Crippen molar-refractivity contribution in [3.63, 3.8) is 0 Å². The van der Waals surface area contributed by atoms with E-state index < -0.39 is 0 Å². The lowest BCUT2D eigenvalue weighted by atomic mass is 10.3. The summed E-state index contributed by atoms with van der Waals surface area (Å²) >= 11 is 0. The lowest BCUT2D eigenvalue weighted by Gasteiger charge is -1.92. The van der Waals surface area contributed by atoms with Crippen molar-refractivity contribution in [2.24, 2.45) is 0 Å². The fourth-order valence-corrected chi connectivity index (χ4v) is 0.950. The van der Waals surface area contributed by atoms with Crippen LogP contribution in [0.3, 0.4) is 0 Å². The van der Waals surface area contributed by atoms with Gasteiger partial charge in [0.25, 0.3) is 0 Å². The van der Waals surface area contributed by atoms with E-state index in [1.807, 2.05) is 0 Å². The number of hydrogen-bond donors (Lipinski definition) is 0. The normalized spacial score (nSPS) is 9.73. The van der Waals surface area contributed by atoms with Crippen LogP contribution in [0.2, 0.25) is 0 Å². The van der Waals surface area contributed by atoms with E-state index in [1.165, 1.54) is 0 Å². The zero-order valence-electron chi connectivity index (χ0n) is 5.73. The fourth-order valence-electron chi connectivity index (χ4n) is 0.950. The Morgan fingerprint density at radius 1 is 1.45 bits per heavy atom. The van der Waals surface area contributed by atoms with Crippen LogP contribution in [-0.2, 0) is 0 Å².